The number of nitrogens with zero attached hydrogens (tertiary/aromatic N) is 5. The van der Waals surface area contributed by atoms with Crippen molar-refractivity contribution in [3.05, 3.63) is 41.2 Å². The number of hydrogen-bond donors (Lipinski definition) is 0. The van der Waals surface area contributed by atoms with Crippen molar-refractivity contribution in [2.24, 2.45) is 7.05 Å². The van der Waals surface area contributed by atoms with Crippen LogP contribution in [0, 0.1) is 13.8 Å². The van der Waals surface area contributed by atoms with Crippen LogP contribution in [0.5, 0.6) is 0 Å². The average Bonchev–Trinajstić information content (AvgIpc) is 3.24. The number of morpholine rings is 1. The van der Waals surface area contributed by atoms with Crippen LogP contribution >= 0.6 is 11.3 Å². The Morgan fingerprint density at radius 3 is 2.79 bits per heavy atom. The summed E-state index contributed by atoms with van der Waals surface area (Å²) in [6, 6.07) is 6.18. The van der Waals surface area contributed by atoms with Crippen LogP contribution in [0.2, 0.25) is 0 Å². The number of ether oxygens (including phenoxy) is 1. The van der Waals surface area contributed by atoms with Crippen molar-refractivity contribution >= 4 is 32.6 Å². The minimum atomic E-state index is -0.0952. The highest BCUT2D eigenvalue weighted by Crippen LogP contribution is 2.30. The Kier molecular flexibility index (Phi) is 5.43. The van der Waals surface area contributed by atoms with E-state index in [0.717, 1.165) is 53.8 Å². The van der Waals surface area contributed by atoms with Crippen LogP contribution in [0.4, 0.5) is 5.13 Å². The molecule has 1 fully saturated rings. The molecule has 3 heterocycles. The van der Waals surface area contributed by atoms with Crippen molar-refractivity contribution in [3.8, 4) is 0 Å². The van der Waals surface area contributed by atoms with Crippen molar-refractivity contribution in [2.45, 2.75) is 13.8 Å². The molecular weight excluding hydrogens is 374 g/mol. The molecule has 1 saturated heterocycles. The molecule has 0 N–H and O–H groups in total. The maximum Gasteiger partial charge on any atom is 0.280 e. The fourth-order valence-electron chi connectivity index (χ4n) is 3.43. The van der Waals surface area contributed by atoms with Gasteiger partial charge in [-0.3, -0.25) is 19.3 Å². The van der Waals surface area contributed by atoms with Gasteiger partial charge in [0.2, 0.25) is 0 Å². The average molecular weight is 400 g/mol. The molecule has 0 unspecified atom stereocenters. The van der Waals surface area contributed by atoms with Crippen LogP contribution in [0.1, 0.15) is 21.6 Å². The minimum absolute atomic E-state index is 0.0952. The number of aryl methyl sites for hydroxylation is 3. The number of aromatic nitrogens is 3. The molecule has 0 saturated carbocycles. The molecule has 1 aromatic carbocycles. The minimum Gasteiger partial charge on any atom is -0.379 e. The summed E-state index contributed by atoms with van der Waals surface area (Å²) in [5, 5.41) is 5.11. The molecule has 0 bridgehead atoms. The first-order valence-corrected chi connectivity index (χ1v) is 10.3. The molecule has 148 valence electrons. The Labute approximate surface area is 168 Å². The van der Waals surface area contributed by atoms with Gasteiger partial charge in [0.25, 0.3) is 5.91 Å². The lowest BCUT2D eigenvalue weighted by Crippen LogP contribution is -2.43. The second kappa shape index (κ2) is 7.98. The van der Waals surface area contributed by atoms with Crippen LogP contribution < -0.4 is 4.90 Å². The number of anilines is 1. The first-order valence-electron chi connectivity index (χ1n) is 9.50. The SMILES string of the molecule is Cc1ccc2nc(N(CCN3CCOCC3)C(=O)c3nn(C)cc3C)sc2c1. The van der Waals surface area contributed by atoms with Gasteiger partial charge in [0.05, 0.1) is 23.4 Å². The van der Waals surface area contributed by atoms with E-state index in [0.29, 0.717) is 12.2 Å². The highest BCUT2D eigenvalue weighted by atomic mass is 32.1. The van der Waals surface area contributed by atoms with E-state index < -0.39 is 0 Å². The normalized spacial score (nSPS) is 15.2. The lowest BCUT2D eigenvalue weighted by Gasteiger charge is -2.29. The summed E-state index contributed by atoms with van der Waals surface area (Å²) in [6.07, 6.45) is 1.87. The van der Waals surface area contributed by atoms with E-state index >= 15 is 0 Å². The first-order chi connectivity index (χ1) is 13.5. The van der Waals surface area contributed by atoms with Gasteiger partial charge in [-0.1, -0.05) is 17.4 Å². The summed E-state index contributed by atoms with van der Waals surface area (Å²) in [7, 11) is 1.84. The third kappa shape index (κ3) is 3.94. The molecule has 28 heavy (non-hydrogen) atoms. The van der Waals surface area contributed by atoms with Gasteiger partial charge in [0.15, 0.2) is 10.8 Å². The number of rotatable bonds is 5. The van der Waals surface area contributed by atoms with Crippen LogP contribution in [0.25, 0.3) is 10.2 Å². The molecule has 0 spiro atoms. The molecule has 0 radical (unpaired) electrons. The maximum absolute atomic E-state index is 13.4. The highest BCUT2D eigenvalue weighted by molar-refractivity contribution is 7.22. The number of hydrogen-bond acceptors (Lipinski definition) is 6. The van der Waals surface area contributed by atoms with E-state index in [-0.39, 0.29) is 5.91 Å². The Bertz CT molecular complexity index is 990. The van der Waals surface area contributed by atoms with Gasteiger partial charge < -0.3 is 4.74 Å². The maximum atomic E-state index is 13.4. The Balaban J connectivity index is 1.64. The van der Waals surface area contributed by atoms with Gasteiger partial charge in [0.1, 0.15) is 0 Å². The van der Waals surface area contributed by atoms with E-state index in [1.165, 1.54) is 5.56 Å². The molecule has 7 nitrogen and oxygen atoms in total. The molecule has 2 aromatic heterocycles. The lowest BCUT2D eigenvalue weighted by atomic mass is 10.2. The standard InChI is InChI=1S/C20H25N5O2S/c1-14-4-5-16-17(12-14)28-20(21-16)25(7-6-24-8-10-27-11-9-24)19(26)18-15(2)13-23(3)22-18/h4-5,12-13H,6-11H2,1-3H3. The number of carbonyl (C=O) groups excluding carboxylic acids is 1. The van der Waals surface area contributed by atoms with Crippen LogP contribution in [0.15, 0.2) is 24.4 Å². The Morgan fingerprint density at radius 1 is 1.29 bits per heavy atom. The highest BCUT2D eigenvalue weighted by Gasteiger charge is 2.26. The monoisotopic (exact) mass is 399 g/mol. The van der Waals surface area contributed by atoms with Crippen molar-refractivity contribution in [1.29, 1.82) is 0 Å². The predicted molar refractivity (Wildman–Crippen MR) is 111 cm³/mol. The fraction of sp³-hybridized carbons (Fsp3) is 0.450. The summed E-state index contributed by atoms with van der Waals surface area (Å²) in [5.74, 6) is -0.0952. The van der Waals surface area contributed by atoms with Gasteiger partial charge in [0, 0.05) is 45.0 Å². The molecule has 1 aliphatic rings. The summed E-state index contributed by atoms with van der Waals surface area (Å²) in [4.78, 5) is 22.2. The second-order valence-corrected chi connectivity index (χ2v) is 8.22. The largest absolute Gasteiger partial charge is 0.379 e. The van der Waals surface area contributed by atoms with Gasteiger partial charge in [-0.05, 0) is 31.5 Å². The topological polar surface area (TPSA) is 63.5 Å². The van der Waals surface area contributed by atoms with Crippen LogP contribution in [0.3, 0.4) is 0 Å². The van der Waals surface area contributed by atoms with E-state index in [4.69, 9.17) is 9.72 Å². The van der Waals surface area contributed by atoms with Gasteiger partial charge >= 0.3 is 0 Å². The Hall–Kier alpha value is -2.29. The molecule has 0 atom stereocenters. The number of thiazole rings is 1. The van der Waals surface area contributed by atoms with Crippen molar-refractivity contribution < 1.29 is 9.53 Å². The smallest absolute Gasteiger partial charge is 0.280 e. The number of fused-ring (bicyclic) bond motifs is 1. The summed E-state index contributed by atoms with van der Waals surface area (Å²) in [5.41, 5.74) is 3.47. The van der Waals surface area contributed by atoms with E-state index in [1.807, 2.05) is 26.2 Å². The van der Waals surface area contributed by atoms with Gasteiger partial charge in [-0.2, -0.15) is 5.10 Å². The lowest BCUT2D eigenvalue weighted by molar-refractivity contribution is 0.0391. The second-order valence-electron chi connectivity index (χ2n) is 7.21. The molecule has 3 aromatic rings. The zero-order valence-electron chi connectivity index (χ0n) is 16.5. The zero-order valence-corrected chi connectivity index (χ0v) is 17.3. The van der Waals surface area contributed by atoms with Crippen molar-refractivity contribution in [2.75, 3.05) is 44.3 Å². The first kappa shape index (κ1) is 19.0. The zero-order chi connectivity index (χ0) is 19.7. The van der Waals surface area contributed by atoms with Crippen LogP contribution in [-0.4, -0.2) is 65.0 Å². The third-order valence-corrected chi connectivity index (χ3v) is 6.01. The molecule has 4 rings (SSSR count). The molecule has 1 aliphatic heterocycles. The number of amides is 1. The van der Waals surface area contributed by atoms with E-state index in [9.17, 15) is 4.79 Å². The number of carbonyl (C=O) groups is 1. The van der Waals surface area contributed by atoms with Crippen LogP contribution in [-0.2, 0) is 11.8 Å². The van der Waals surface area contributed by atoms with Crippen molar-refractivity contribution in [1.82, 2.24) is 19.7 Å². The number of benzene rings is 1. The summed E-state index contributed by atoms with van der Waals surface area (Å²) >= 11 is 1.56. The quantitative estimate of drug-likeness (QED) is 0.660. The molecular formula is C20H25N5O2S. The summed E-state index contributed by atoms with van der Waals surface area (Å²) < 4.78 is 8.21. The van der Waals surface area contributed by atoms with Gasteiger partial charge in [-0.15, -0.1) is 0 Å². The van der Waals surface area contributed by atoms with Gasteiger partial charge in [-0.25, -0.2) is 4.98 Å². The summed E-state index contributed by atoms with van der Waals surface area (Å²) in [6.45, 7) is 8.62. The van der Waals surface area contributed by atoms with E-state index in [2.05, 4.69) is 29.1 Å². The Morgan fingerprint density at radius 2 is 2.07 bits per heavy atom. The third-order valence-electron chi connectivity index (χ3n) is 4.97. The molecule has 1 amide bonds. The predicted octanol–water partition coefficient (Wildman–Crippen LogP) is 2.63. The molecule has 8 heteroatoms. The molecule has 0 aliphatic carbocycles. The van der Waals surface area contributed by atoms with E-state index in [1.54, 1.807) is 20.9 Å². The fourth-order valence-corrected chi connectivity index (χ4v) is 4.52. The van der Waals surface area contributed by atoms with Crippen molar-refractivity contribution in [3.63, 3.8) is 0 Å².